The van der Waals surface area contributed by atoms with Gasteiger partial charge in [0.25, 0.3) is 0 Å². The fourth-order valence-corrected chi connectivity index (χ4v) is 2.31. The van der Waals surface area contributed by atoms with E-state index >= 15 is 0 Å². The maximum absolute atomic E-state index is 11.7. The Kier molecular flexibility index (Phi) is 4.34. The fraction of sp³-hybridized carbons (Fsp3) is 0.154. The van der Waals surface area contributed by atoms with Crippen molar-refractivity contribution in [2.75, 3.05) is 6.61 Å². The van der Waals surface area contributed by atoms with Crippen molar-refractivity contribution in [3.63, 3.8) is 0 Å². The van der Waals surface area contributed by atoms with Crippen LogP contribution in [-0.2, 0) is 0 Å². The summed E-state index contributed by atoms with van der Waals surface area (Å²) in [6.45, 7) is 0.415. The molecule has 0 bridgehead atoms. The van der Waals surface area contributed by atoms with Crippen molar-refractivity contribution >= 4 is 33.0 Å². The van der Waals surface area contributed by atoms with Crippen LogP contribution in [0.25, 0.3) is 0 Å². The number of benzene rings is 1. The van der Waals surface area contributed by atoms with Gasteiger partial charge in [0.2, 0.25) is 0 Å². The summed E-state index contributed by atoms with van der Waals surface area (Å²) >= 11 is 4.82. The summed E-state index contributed by atoms with van der Waals surface area (Å²) in [6, 6.07) is 11.3. The zero-order valence-electron chi connectivity index (χ0n) is 9.06. The van der Waals surface area contributed by atoms with Crippen molar-refractivity contribution in [2.24, 2.45) is 0 Å². The molecule has 0 aliphatic carbocycles. The molecule has 4 heteroatoms. The summed E-state index contributed by atoms with van der Waals surface area (Å²) in [4.78, 5) is 12.5. The molecule has 0 N–H and O–H groups in total. The van der Waals surface area contributed by atoms with Crippen LogP contribution in [0.5, 0.6) is 5.75 Å². The van der Waals surface area contributed by atoms with E-state index in [0.717, 1.165) is 15.1 Å². The van der Waals surface area contributed by atoms with Crippen molar-refractivity contribution in [2.45, 2.75) is 6.42 Å². The topological polar surface area (TPSA) is 26.3 Å². The summed E-state index contributed by atoms with van der Waals surface area (Å²) in [7, 11) is 0. The molecule has 0 spiro atoms. The molecule has 0 unspecified atom stereocenters. The second-order valence-electron chi connectivity index (χ2n) is 3.45. The number of Topliss-reactive ketones (excluding diaryl/α,β-unsaturated/α-hetero) is 1. The molecule has 0 saturated heterocycles. The summed E-state index contributed by atoms with van der Waals surface area (Å²) in [5.41, 5.74) is 0. The van der Waals surface area contributed by atoms with Gasteiger partial charge in [-0.15, -0.1) is 11.3 Å². The van der Waals surface area contributed by atoms with Gasteiger partial charge in [-0.3, -0.25) is 4.79 Å². The first-order valence-corrected chi connectivity index (χ1v) is 6.88. The van der Waals surface area contributed by atoms with E-state index in [0.29, 0.717) is 13.0 Å². The standard InChI is InChI=1S/C13H11BrO2S/c14-10-3-5-11(6-4-10)16-8-7-12(15)13-2-1-9-17-13/h1-6,9H,7-8H2. The lowest BCUT2D eigenvalue weighted by molar-refractivity contribution is 0.0966. The van der Waals surface area contributed by atoms with Gasteiger partial charge in [0.1, 0.15) is 5.75 Å². The summed E-state index contributed by atoms with van der Waals surface area (Å²) < 4.78 is 6.51. The Bertz CT molecular complexity index is 477. The van der Waals surface area contributed by atoms with Crippen molar-refractivity contribution in [3.05, 3.63) is 51.1 Å². The lowest BCUT2D eigenvalue weighted by atomic mass is 10.2. The zero-order chi connectivity index (χ0) is 12.1. The van der Waals surface area contributed by atoms with Gasteiger partial charge in [-0.05, 0) is 35.7 Å². The fourth-order valence-electron chi connectivity index (χ4n) is 1.35. The number of carbonyl (C=O) groups excluding carboxylic acids is 1. The third kappa shape index (κ3) is 3.68. The normalized spacial score (nSPS) is 10.2. The smallest absolute Gasteiger partial charge is 0.176 e. The molecule has 0 atom stereocenters. The lowest BCUT2D eigenvalue weighted by Crippen LogP contribution is -2.05. The van der Waals surface area contributed by atoms with Crippen LogP contribution in [0.4, 0.5) is 0 Å². The minimum absolute atomic E-state index is 0.136. The van der Waals surface area contributed by atoms with Crippen molar-refractivity contribution in [3.8, 4) is 5.75 Å². The number of carbonyl (C=O) groups is 1. The van der Waals surface area contributed by atoms with Crippen LogP contribution in [0, 0.1) is 0 Å². The number of ketones is 1. The predicted octanol–water partition coefficient (Wildman–Crippen LogP) is 4.16. The highest BCUT2D eigenvalue weighted by Crippen LogP contribution is 2.17. The molecule has 2 rings (SSSR count). The minimum Gasteiger partial charge on any atom is -0.493 e. The van der Waals surface area contributed by atoms with E-state index in [1.807, 2.05) is 41.8 Å². The van der Waals surface area contributed by atoms with Crippen LogP contribution in [-0.4, -0.2) is 12.4 Å². The Morgan fingerprint density at radius 1 is 1.24 bits per heavy atom. The third-order valence-electron chi connectivity index (χ3n) is 2.21. The molecule has 0 aliphatic heterocycles. The molecule has 0 saturated carbocycles. The van der Waals surface area contributed by atoms with Crippen LogP contribution in [0.15, 0.2) is 46.3 Å². The SMILES string of the molecule is O=C(CCOc1ccc(Br)cc1)c1cccs1. The van der Waals surface area contributed by atoms with Crippen LogP contribution in [0.1, 0.15) is 16.1 Å². The molecular weight excluding hydrogens is 300 g/mol. The number of ether oxygens (including phenoxy) is 1. The van der Waals surface area contributed by atoms with Gasteiger partial charge in [0.15, 0.2) is 5.78 Å². The van der Waals surface area contributed by atoms with Crippen LogP contribution < -0.4 is 4.74 Å². The molecule has 1 heterocycles. The largest absolute Gasteiger partial charge is 0.493 e. The average Bonchev–Trinajstić information content (AvgIpc) is 2.85. The third-order valence-corrected chi connectivity index (χ3v) is 3.65. The lowest BCUT2D eigenvalue weighted by Gasteiger charge is -2.04. The van der Waals surface area contributed by atoms with Gasteiger partial charge in [0.05, 0.1) is 11.5 Å². The van der Waals surface area contributed by atoms with E-state index in [4.69, 9.17) is 4.74 Å². The highest BCUT2D eigenvalue weighted by molar-refractivity contribution is 9.10. The maximum atomic E-state index is 11.7. The number of hydrogen-bond acceptors (Lipinski definition) is 3. The van der Waals surface area contributed by atoms with Gasteiger partial charge < -0.3 is 4.74 Å². The molecule has 0 aliphatic rings. The molecule has 2 aromatic rings. The molecule has 88 valence electrons. The molecular formula is C13H11BrO2S. The Labute approximate surface area is 112 Å². The van der Waals surface area contributed by atoms with E-state index in [1.165, 1.54) is 11.3 Å². The Morgan fingerprint density at radius 3 is 2.65 bits per heavy atom. The monoisotopic (exact) mass is 310 g/mol. The molecule has 0 fully saturated rings. The van der Waals surface area contributed by atoms with E-state index < -0.39 is 0 Å². The van der Waals surface area contributed by atoms with Gasteiger partial charge in [0, 0.05) is 10.9 Å². The quantitative estimate of drug-likeness (QED) is 0.775. The van der Waals surface area contributed by atoms with Gasteiger partial charge >= 0.3 is 0 Å². The first-order chi connectivity index (χ1) is 8.25. The zero-order valence-corrected chi connectivity index (χ0v) is 11.5. The van der Waals surface area contributed by atoms with E-state index in [1.54, 1.807) is 0 Å². The number of hydrogen-bond donors (Lipinski definition) is 0. The van der Waals surface area contributed by atoms with E-state index in [2.05, 4.69) is 15.9 Å². The van der Waals surface area contributed by atoms with Crippen molar-refractivity contribution in [1.29, 1.82) is 0 Å². The first kappa shape index (κ1) is 12.3. The molecule has 17 heavy (non-hydrogen) atoms. The number of thiophene rings is 1. The Balaban J connectivity index is 1.80. The van der Waals surface area contributed by atoms with Gasteiger partial charge in [-0.1, -0.05) is 22.0 Å². The van der Waals surface area contributed by atoms with Gasteiger partial charge in [-0.2, -0.15) is 0 Å². The highest BCUT2D eigenvalue weighted by Gasteiger charge is 2.06. The summed E-state index contributed by atoms with van der Waals surface area (Å²) in [5, 5.41) is 1.91. The second kappa shape index (κ2) is 5.98. The van der Waals surface area contributed by atoms with Crippen LogP contribution in [0.3, 0.4) is 0 Å². The van der Waals surface area contributed by atoms with Crippen molar-refractivity contribution < 1.29 is 9.53 Å². The summed E-state index contributed by atoms with van der Waals surface area (Å²) in [5.74, 6) is 0.921. The minimum atomic E-state index is 0.136. The number of halogens is 1. The molecule has 2 nitrogen and oxygen atoms in total. The molecule has 0 radical (unpaired) electrons. The van der Waals surface area contributed by atoms with Crippen LogP contribution in [0.2, 0.25) is 0 Å². The second-order valence-corrected chi connectivity index (χ2v) is 5.32. The van der Waals surface area contributed by atoms with Gasteiger partial charge in [-0.25, -0.2) is 0 Å². The van der Waals surface area contributed by atoms with Crippen molar-refractivity contribution in [1.82, 2.24) is 0 Å². The molecule has 1 aromatic heterocycles. The van der Waals surface area contributed by atoms with Crippen LogP contribution >= 0.6 is 27.3 Å². The van der Waals surface area contributed by atoms with E-state index in [-0.39, 0.29) is 5.78 Å². The molecule has 1 aromatic carbocycles. The Morgan fingerprint density at radius 2 is 2.00 bits per heavy atom. The summed E-state index contributed by atoms with van der Waals surface area (Å²) in [6.07, 6.45) is 0.413. The predicted molar refractivity (Wildman–Crippen MR) is 72.9 cm³/mol. The van der Waals surface area contributed by atoms with E-state index in [9.17, 15) is 4.79 Å². The Hall–Kier alpha value is -1.13. The maximum Gasteiger partial charge on any atom is 0.176 e. The highest BCUT2D eigenvalue weighted by atomic mass is 79.9. The average molecular weight is 311 g/mol. The number of rotatable bonds is 5. The first-order valence-electron chi connectivity index (χ1n) is 5.21. The molecule has 0 amide bonds.